The Bertz CT molecular complexity index is 1240. The van der Waals surface area contributed by atoms with Gasteiger partial charge in [-0.05, 0) is 32.8 Å². The minimum Gasteiger partial charge on any atom is -0.363 e. The number of nitrogens with zero attached hydrogens (tertiary/aromatic N) is 3. The molecule has 3 aromatic rings. The predicted molar refractivity (Wildman–Crippen MR) is 105 cm³/mol. The summed E-state index contributed by atoms with van der Waals surface area (Å²) >= 11 is 0. The summed E-state index contributed by atoms with van der Waals surface area (Å²) in [6.45, 7) is 3.26. The van der Waals surface area contributed by atoms with Crippen LogP contribution in [0.3, 0.4) is 0 Å². The molecule has 1 fully saturated rings. The molecule has 30 heavy (non-hydrogen) atoms. The molecule has 4 rings (SSSR count). The van der Waals surface area contributed by atoms with Gasteiger partial charge in [0, 0.05) is 11.1 Å². The van der Waals surface area contributed by atoms with Crippen LogP contribution in [0.15, 0.2) is 29.1 Å². The Morgan fingerprint density at radius 2 is 1.97 bits per heavy atom. The van der Waals surface area contributed by atoms with Crippen molar-refractivity contribution in [3.8, 4) is 6.07 Å². The Balaban J connectivity index is 1.79. The third-order valence-electron chi connectivity index (χ3n) is 5.42. The van der Waals surface area contributed by atoms with Crippen LogP contribution >= 0.6 is 0 Å². The van der Waals surface area contributed by atoms with Crippen LogP contribution in [0.2, 0.25) is 0 Å². The second-order valence-electron chi connectivity index (χ2n) is 7.50. The number of rotatable bonds is 5. The van der Waals surface area contributed by atoms with E-state index in [4.69, 9.17) is 0 Å². The van der Waals surface area contributed by atoms with Crippen molar-refractivity contribution in [3.63, 3.8) is 0 Å². The van der Waals surface area contributed by atoms with Crippen LogP contribution in [0.5, 0.6) is 0 Å². The summed E-state index contributed by atoms with van der Waals surface area (Å²) < 4.78 is 40.7. The fourth-order valence-electron chi connectivity index (χ4n) is 3.58. The molecule has 1 aliphatic rings. The summed E-state index contributed by atoms with van der Waals surface area (Å²) in [6, 6.07) is 6.94. The fourth-order valence-corrected chi connectivity index (χ4v) is 3.58. The molecule has 2 aromatic heterocycles. The number of H-pyrrole nitrogens is 1. The Labute approximate surface area is 169 Å². The normalized spacial score (nSPS) is 15.8. The molecule has 0 amide bonds. The van der Waals surface area contributed by atoms with Crippen molar-refractivity contribution in [3.05, 3.63) is 63.0 Å². The molecule has 1 aromatic carbocycles. The second-order valence-corrected chi connectivity index (χ2v) is 7.50. The van der Waals surface area contributed by atoms with Gasteiger partial charge in [0.25, 0.3) is 12.0 Å². The molecule has 154 valence electrons. The van der Waals surface area contributed by atoms with E-state index in [-0.39, 0.29) is 16.8 Å². The number of hydrogen-bond donors (Lipinski definition) is 2. The minimum atomic E-state index is -2.92. The fraction of sp³-hybridized carbons (Fsp3) is 0.333. The topological polar surface area (TPSA) is 94.5 Å². The minimum absolute atomic E-state index is 0.0672. The van der Waals surface area contributed by atoms with Gasteiger partial charge in [-0.25, -0.2) is 23.1 Å². The molecule has 0 spiro atoms. The summed E-state index contributed by atoms with van der Waals surface area (Å²) in [4.78, 5) is 23.8. The average Bonchev–Trinajstić information content (AvgIpc) is 3.48. The highest BCUT2D eigenvalue weighted by Crippen LogP contribution is 2.46. The molecule has 1 saturated carbocycles. The SMILES string of the molecule is Cc1nc(N[C@H](C)c2cccc(C(F)F)c2F)c2cc(C3(C#N)CC3)c(=O)[nH]c2n1. The first kappa shape index (κ1) is 19.9. The first-order valence-corrected chi connectivity index (χ1v) is 9.42. The number of nitriles is 1. The molecular formula is C21H18F3N5O. The van der Waals surface area contributed by atoms with Gasteiger partial charge in [0.2, 0.25) is 0 Å². The Morgan fingerprint density at radius 1 is 1.27 bits per heavy atom. The third-order valence-corrected chi connectivity index (χ3v) is 5.42. The zero-order valence-electron chi connectivity index (χ0n) is 16.3. The Kier molecular flexibility index (Phi) is 4.73. The van der Waals surface area contributed by atoms with Crippen LogP contribution in [0.1, 0.15) is 54.7 Å². The van der Waals surface area contributed by atoms with Gasteiger partial charge < -0.3 is 10.3 Å². The van der Waals surface area contributed by atoms with E-state index in [1.54, 1.807) is 19.9 Å². The van der Waals surface area contributed by atoms with E-state index in [1.165, 1.54) is 12.1 Å². The van der Waals surface area contributed by atoms with E-state index < -0.39 is 29.3 Å². The number of aromatic nitrogens is 3. The van der Waals surface area contributed by atoms with Crippen molar-refractivity contribution >= 4 is 16.9 Å². The van der Waals surface area contributed by atoms with Gasteiger partial charge in [-0.15, -0.1) is 0 Å². The number of benzene rings is 1. The van der Waals surface area contributed by atoms with Gasteiger partial charge in [-0.3, -0.25) is 4.79 Å². The number of fused-ring (bicyclic) bond motifs is 1. The number of alkyl halides is 2. The van der Waals surface area contributed by atoms with Gasteiger partial charge in [0.1, 0.15) is 23.1 Å². The quantitative estimate of drug-likeness (QED) is 0.645. The number of aryl methyl sites for hydroxylation is 1. The lowest BCUT2D eigenvalue weighted by Gasteiger charge is -2.19. The van der Waals surface area contributed by atoms with Gasteiger partial charge in [0.15, 0.2) is 0 Å². The van der Waals surface area contributed by atoms with E-state index in [0.29, 0.717) is 35.4 Å². The van der Waals surface area contributed by atoms with Crippen LogP contribution in [0.4, 0.5) is 19.0 Å². The van der Waals surface area contributed by atoms with Crippen LogP contribution in [0.25, 0.3) is 11.0 Å². The molecular weight excluding hydrogens is 395 g/mol. The summed E-state index contributed by atoms with van der Waals surface area (Å²) in [5.41, 5.74) is -1.17. The van der Waals surface area contributed by atoms with Crippen molar-refractivity contribution in [1.29, 1.82) is 5.26 Å². The van der Waals surface area contributed by atoms with Crippen molar-refractivity contribution in [2.24, 2.45) is 0 Å². The van der Waals surface area contributed by atoms with Gasteiger partial charge in [0.05, 0.1) is 28.5 Å². The van der Waals surface area contributed by atoms with Gasteiger partial charge >= 0.3 is 0 Å². The molecule has 1 aliphatic carbocycles. The van der Waals surface area contributed by atoms with E-state index in [1.807, 2.05) is 0 Å². The number of aromatic amines is 1. The molecule has 2 heterocycles. The van der Waals surface area contributed by atoms with E-state index in [0.717, 1.165) is 6.07 Å². The highest BCUT2D eigenvalue weighted by molar-refractivity contribution is 5.87. The van der Waals surface area contributed by atoms with Crippen molar-refractivity contribution in [2.75, 3.05) is 5.32 Å². The van der Waals surface area contributed by atoms with Gasteiger partial charge in [-0.2, -0.15) is 5.26 Å². The van der Waals surface area contributed by atoms with Crippen LogP contribution in [0, 0.1) is 24.1 Å². The largest absolute Gasteiger partial charge is 0.363 e. The number of anilines is 1. The van der Waals surface area contributed by atoms with E-state index in [9.17, 15) is 23.2 Å². The monoisotopic (exact) mass is 413 g/mol. The van der Waals surface area contributed by atoms with Gasteiger partial charge in [-0.1, -0.05) is 18.2 Å². The van der Waals surface area contributed by atoms with Crippen LogP contribution in [-0.4, -0.2) is 15.0 Å². The molecule has 1 atom stereocenters. The number of hydrogen-bond acceptors (Lipinski definition) is 5. The first-order chi connectivity index (χ1) is 14.3. The highest BCUT2D eigenvalue weighted by Gasteiger charge is 2.47. The van der Waals surface area contributed by atoms with E-state index in [2.05, 4.69) is 26.3 Å². The van der Waals surface area contributed by atoms with Crippen molar-refractivity contribution in [1.82, 2.24) is 15.0 Å². The maximum atomic E-state index is 14.6. The summed E-state index contributed by atoms with van der Waals surface area (Å²) in [7, 11) is 0. The lowest BCUT2D eigenvalue weighted by Crippen LogP contribution is -2.21. The second kappa shape index (κ2) is 7.13. The average molecular weight is 413 g/mol. The zero-order chi connectivity index (χ0) is 21.6. The zero-order valence-corrected chi connectivity index (χ0v) is 16.3. The first-order valence-electron chi connectivity index (χ1n) is 9.42. The van der Waals surface area contributed by atoms with Crippen LogP contribution in [-0.2, 0) is 5.41 Å². The highest BCUT2D eigenvalue weighted by atomic mass is 19.3. The molecule has 6 nitrogen and oxygen atoms in total. The summed E-state index contributed by atoms with van der Waals surface area (Å²) in [6.07, 6.45) is -1.74. The lowest BCUT2D eigenvalue weighted by molar-refractivity contribution is 0.146. The number of pyridine rings is 1. The molecule has 2 N–H and O–H groups in total. The standard InChI is InChI=1S/C21H18F3N5O/c1-10(12-4-3-5-13(16(12)22)17(23)24)26-18-14-8-15(21(9-25)6-7-21)20(30)29-19(14)28-11(2)27-18/h3-5,8,10,17H,6-7H2,1-2H3,(H2,26,27,28,29,30)/t10-/m1/s1. The maximum Gasteiger partial charge on any atom is 0.266 e. The molecule has 9 heteroatoms. The molecule has 0 unspecified atom stereocenters. The summed E-state index contributed by atoms with van der Waals surface area (Å²) in [5, 5.41) is 13.0. The molecule has 0 saturated heterocycles. The summed E-state index contributed by atoms with van der Waals surface area (Å²) in [5.74, 6) is -0.292. The van der Waals surface area contributed by atoms with Crippen molar-refractivity contribution in [2.45, 2.75) is 44.6 Å². The predicted octanol–water partition coefficient (Wildman–Crippen LogP) is 4.43. The molecule has 0 aliphatic heterocycles. The number of halogens is 3. The molecule has 0 radical (unpaired) electrons. The van der Waals surface area contributed by atoms with Crippen molar-refractivity contribution < 1.29 is 13.2 Å². The smallest absolute Gasteiger partial charge is 0.266 e. The number of nitrogens with one attached hydrogen (secondary N) is 2. The third kappa shape index (κ3) is 3.28. The molecule has 0 bridgehead atoms. The Morgan fingerprint density at radius 3 is 2.60 bits per heavy atom. The lowest BCUT2D eigenvalue weighted by atomic mass is 9.98. The Hall–Kier alpha value is -3.41. The maximum absolute atomic E-state index is 14.6. The van der Waals surface area contributed by atoms with E-state index >= 15 is 0 Å². The van der Waals surface area contributed by atoms with Crippen LogP contribution < -0.4 is 10.9 Å².